The van der Waals surface area contributed by atoms with Crippen molar-refractivity contribution in [2.24, 2.45) is 0 Å². The van der Waals surface area contributed by atoms with Gasteiger partial charge in [0.15, 0.2) is 11.6 Å². The molecule has 0 radical (unpaired) electrons. The highest BCUT2D eigenvalue weighted by Crippen LogP contribution is 2.27. The van der Waals surface area contributed by atoms with Gasteiger partial charge in [0.2, 0.25) is 0 Å². The largest absolute Gasteiger partial charge is 0.347 e. The summed E-state index contributed by atoms with van der Waals surface area (Å²) in [6, 6.07) is 5.92. The Morgan fingerprint density at radius 1 is 1.00 bits per heavy atom. The minimum absolute atomic E-state index is 0. The smallest absolute Gasteiger partial charge is 0.254 e. The Balaban J connectivity index is 0.00000243. The van der Waals surface area contributed by atoms with Crippen molar-refractivity contribution in [2.45, 2.75) is 18.4 Å². The van der Waals surface area contributed by atoms with E-state index in [0.29, 0.717) is 31.1 Å². The molecule has 26 heavy (non-hydrogen) atoms. The van der Waals surface area contributed by atoms with E-state index >= 15 is 0 Å². The molecule has 1 aliphatic heterocycles. The van der Waals surface area contributed by atoms with Crippen LogP contribution in [-0.4, -0.2) is 25.0 Å². The SMILES string of the molecule is Cl.O=C(NC1CNCCC1c1ccc(F)c(F)c1)c1ccc(F)cc1F. The van der Waals surface area contributed by atoms with Gasteiger partial charge in [-0.3, -0.25) is 4.79 Å². The molecule has 0 bridgehead atoms. The van der Waals surface area contributed by atoms with Crippen LogP contribution in [0.4, 0.5) is 17.6 Å². The number of hydrogen-bond donors (Lipinski definition) is 2. The zero-order chi connectivity index (χ0) is 18.0. The van der Waals surface area contributed by atoms with Gasteiger partial charge in [-0.05, 0) is 42.8 Å². The van der Waals surface area contributed by atoms with Crippen molar-refractivity contribution in [3.05, 3.63) is 70.8 Å². The number of piperidine rings is 1. The van der Waals surface area contributed by atoms with Gasteiger partial charge in [0.25, 0.3) is 5.91 Å². The molecule has 1 heterocycles. The van der Waals surface area contributed by atoms with Crippen LogP contribution in [-0.2, 0) is 0 Å². The Labute approximate surface area is 154 Å². The third-order valence-corrected chi connectivity index (χ3v) is 4.35. The summed E-state index contributed by atoms with van der Waals surface area (Å²) >= 11 is 0. The Bertz CT molecular complexity index is 803. The van der Waals surface area contributed by atoms with Gasteiger partial charge < -0.3 is 10.6 Å². The number of nitrogens with one attached hydrogen (secondary N) is 2. The normalized spacial score (nSPS) is 19.5. The molecule has 1 amide bonds. The van der Waals surface area contributed by atoms with Crippen LogP contribution in [0, 0.1) is 23.3 Å². The van der Waals surface area contributed by atoms with Crippen LogP contribution in [0.3, 0.4) is 0 Å². The molecule has 2 aromatic rings. The monoisotopic (exact) mass is 388 g/mol. The second kappa shape index (κ2) is 8.51. The van der Waals surface area contributed by atoms with E-state index in [1.807, 2.05) is 0 Å². The lowest BCUT2D eigenvalue weighted by Gasteiger charge is -2.33. The first-order chi connectivity index (χ1) is 12.0. The molecule has 0 aliphatic carbocycles. The lowest BCUT2D eigenvalue weighted by Crippen LogP contribution is -2.50. The van der Waals surface area contributed by atoms with Gasteiger partial charge in [0.1, 0.15) is 11.6 Å². The molecule has 3 rings (SSSR count). The van der Waals surface area contributed by atoms with E-state index in [-0.39, 0.29) is 23.9 Å². The van der Waals surface area contributed by atoms with Gasteiger partial charge in [-0.25, -0.2) is 17.6 Å². The molecule has 1 aliphatic rings. The fourth-order valence-corrected chi connectivity index (χ4v) is 3.07. The lowest BCUT2D eigenvalue weighted by atomic mass is 9.85. The standard InChI is InChI=1S/C18H16F4N2O.ClH/c19-11-2-3-13(15(21)8-11)18(25)24-17-9-23-6-5-12(17)10-1-4-14(20)16(22)7-10;/h1-4,7-8,12,17,23H,5-6,9H2,(H,24,25);1H. The molecule has 0 saturated carbocycles. The predicted molar refractivity (Wildman–Crippen MR) is 91.4 cm³/mol. The summed E-state index contributed by atoms with van der Waals surface area (Å²) in [6.07, 6.45) is 0.599. The summed E-state index contributed by atoms with van der Waals surface area (Å²) in [5.41, 5.74) is 0.293. The second-order valence-corrected chi connectivity index (χ2v) is 5.98. The Hall–Kier alpha value is -2.12. The van der Waals surface area contributed by atoms with Gasteiger partial charge in [0, 0.05) is 24.6 Å². The van der Waals surface area contributed by atoms with Crippen molar-refractivity contribution >= 4 is 18.3 Å². The molecule has 1 saturated heterocycles. The number of hydrogen-bond acceptors (Lipinski definition) is 2. The fourth-order valence-electron chi connectivity index (χ4n) is 3.07. The van der Waals surface area contributed by atoms with E-state index in [4.69, 9.17) is 0 Å². The van der Waals surface area contributed by atoms with E-state index < -0.39 is 35.2 Å². The van der Waals surface area contributed by atoms with Gasteiger partial charge >= 0.3 is 0 Å². The summed E-state index contributed by atoms with van der Waals surface area (Å²) in [5.74, 6) is -4.54. The molecule has 3 nitrogen and oxygen atoms in total. The van der Waals surface area contributed by atoms with E-state index in [1.165, 1.54) is 6.07 Å². The third-order valence-electron chi connectivity index (χ3n) is 4.35. The van der Waals surface area contributed by atoms with E-state index in [0.717, 1.165) is 24.3 Å². The molecule has 8 heteroatoms. The summed E-state index contributed by atoms with van der Waals surface area (Å²) in [6.45, 7) is 1.05. The maximum Gasteiger partial charge on any atom is 0.254 e. The molecule has 0 spiro atoms. The number of benzene rings is 2. The van der Waals surface area contributed by atoms with Crippen LogP contribution in [0.15, 0.2) is 36.4 Å². The summed E-state index contributed by atoms with van der Waals surface area (Å²) in [4.78, 5) is 12.3. The number of halogens is 5. The molecule has 2 unspecified atom stereocenters. The number of rotatable bonds is 3. The molecule has 140 valence electrons. The quantitative estimate of drug-likeness (QED) is 0.790. The van der Waals surface area contributed by atoms with Crippen LogP contribution in [0.1, 0.15) is 28.3 Å². The van der Waals surface area contributed by atoms with Gasteiger partial charge in [-0.15, -0.1) is 12.4 Å². The van der Waals surface area contributed by atoms with E-state index in [1.54, 1.807) is 0 Å². The number of carbonyl (C=O) groups is 1. The topological polar surface area (TPSA) is 41.1 Å². The summed E-state index contributed by atoms with van der Waals surface area (Å²) in [7, 11) is 0. The van der Waals surface area contributed by atoms with E-state index in [9.17, 15) is 22.4 Å². The maximum atomic E-state index is 13.8. The fraction of sp³-hybridized carbons (Fsp3) is 0.278. The van der Waals surface area contributed by atoms with Crippen LogP contribution >= 0.6 is 12.4 Å². The minimum atomic E-state index is -0.953. The molecule has 2 aromatic carbocycles. The first-order valence-electron chi connectivity index (χ1n) is 7.87. The van der Waals surface area contributed by atoms with Crippen LogP contribution in [0.25, 0.3) is 0 Å². The maximum absolute atomic E-state index is 13.8. The van der Waals surface area contributed by atoms with Crippen molar-refractivity contribution < 1.29 is 22.4 Å². The molecular formula is C18H17ClF4N2O. The van der Waals surface area contributed by atoms with Crippen LogP contribution in [0.5, 0.6) is 0 Å². The Kier molecular flexibility index (Phi) is 6.61. The molecule has 0 aromatic heterocycles. The first-order valence-corrected chi connectivity index (χ1v) is 7.87. The summed E-state index contributed by atoms with van der Waals surface area (Å²) in [5, 5.41) is 5.80. The van der Waals surface area contributed by atoms with Crippen LogP contribution in [0.2, 0.25) is 0 Å². The molecular weight excluding hydrogens is 372 g/mol. The molecule has 2 atom stereocenters. The second-order valence-electron chi connectivity index (χ2n) is 5.98. The average molecular weight is 389 g/mol. The van der Waals surface area contributed by atoms with Crippen molar-refractivity contribution in [1.29, 1.82) is 0 Å². The lowest BCUT2D eigenvalue weighted by molar-refractivity contribution is 0.0920. The van der Waals surface area contributed by atoms with Crippen molar-refractivity contribution in [1.82, 2.24) is 10.6 Å². The van der Waals surface area contributed by atoms with Crippen molar-refractivity contribution in [2.75, 3.05) is 13.1 Å². The highest BCUT2D eigenvalue weighted by molar-refractivity contribution is 5.94. The van der Waals surface area contributed by atoms with Gasteiger partial charge in [-0.2, -0.15) is 0 Å². The first kappa shape index (κ1) is 20.2. The van der Waals surface area contributed by atoms with Gasteiger partial charge in [0.05, 0.1) is 5.56 Å². The van der Waals surface area contributed by atoms with Gasteiger partial charge in [-0.1, -0.05) is 6.07 Å². The summed E-state index contributed by atoms with van der Waals surface area (Å²) < 4.78 is 53.4. The zero-order valence-electron chi connectivity index (χ0n) is 13.6. The molecule has 1 fully saturated rings. The van der Waals surface area contributed by atoms with Crippen molar-refractivity contribution in [3.8, 4) is 0 Å². The predicted octanol–water partition coefficient (Wildman–Crippen LogP) is 3.54. The molecule has 2 N–H and O–H groups in total. The van der Waals surface area contributed by atoms with E-state index in [2.05, 4.69) is 10.6 Å². The average Bonchev–Trinajstić information content (AvgIpc) is 2.58. The minimum Gasteiger partial charge on any atom is -0.347 e. The highest BCUT2D eigenvalue weighted by Gasteiger charge is 2.29. The zero-order valence-corrected chi connectivity index (χ0v) is 14.4. The number of carbonyl (C=O) groups excluding carboxylic acids is 1. The highest BCUT2D eigenvalue weighted by atomic mass is 35.5. The Morgan fingerprint density at radius 3 is 2.46 bits per heavy atom. The van der Waals surface area contributed by atoms with Crippen LogP contribution < -0.4 is 10.6 Å². The van der Waals surface area contributed by atoms with Crippen molar-refractivity contribution in [3.63, 3.8) is 0 Å². The number of amides is 1. The third kappa shape index (κ3) is 4.34. The Morgan fingerprint density at radius 2 is 1.77 bits per heavy atom.